The van der Waals surface area contributed by atoms with Gasteiger partial charge in [-0.1, -0.05) is 57.4 Å². The first-order valence-corrected chi connectivity index (χ1v) is 11.2. The maximum Gasteiger partial charge on any atom is 0.266 e. The molecule has 156 valence electrons. The Bertz CT molecular complexity index is 1190. The van der Waals surface area contributed by atoms with Crippen LogP contribution in [0.2, 0.25) is 5.02 Å². The fraction of sp³-hybridized carbons (Fsp3) is 0.0833. The molecule has 31 heavy (non-hydrogen) atoms. The van der Waals surface area contributed by atoms with Crippen LogP contribution in [-0.2, 0) is 11.4 Å². The van der Waals surface area contributed by atoms with E-state index in [4.69, 9.17) is 16.3 Å². The Labute approximate surface area is 202 Å². The van der Waals surface area contributed by atoms with Crippen LogP contribution in [0.5, 0.6) is 5.75 Å². The third-order valence-corrected chi connectivity index (χ3v) is 5.57. The smallest absolute Gasteiger partial charge is 0.266 e. The standard InChI is InChI=1S/C24H17Br2ClN2O2/c1-15-5-7-21(8-6-15)29-24(30)18(13-28)10-17-11-19(25)12-22(26)23(17)31-14-16-3-2-4-20(27)9-16/h2-12H,14H2,1H3,(H,29,30)/b18-10+. The lowest BCUT2D eigenvalue weighted by Crippen LogP contribution is -2.13. The van der Waals surface area contributed by atoms with Crippen molar-refractivity contribution < 1.29 is 9.53 Å². The second-order valence-electron chi connectivity index (χ2n) is 6.71. The monoisotopic (exact) mass is 558 g/mol. The number of hydrogen-bond acceptors (Lipinski definition) is 3. The van der Waals surface area contributed by atoms with Crippen molar-refractivity contribution >= 4 is 61.1 Å². The lowest BCUT2D eigenvalue weighted by Gasteiger charge is -2.13. The Balaban J connectivity index is 1.88. The third kappa shape index (κ3) is 6.44. The van der Waals surface area contributed by atoms with Gasteiger partial charge in [-0.25, -0.2) is 0 Å². The van der Waals surface area contributed by atoms with Crippen LogP contribution in [0.15, 0.2) is 75.2 Å². The van der Waals surface area contributed by atoms with Gasteiger partial charge in [-0.3, -0.25) is 4.79 Å². The van der Waals surface area contributed by atoms with Crippen LogP contribution in [-0.4, -0.2) is 5.91 Å². The van der Waals surface area contributed by atoms with E-state index in [1.54, 1.807) is 24.3 Å². The number of hydrogen-bond donors (Lipinski definition) is 1. The van der Waals surface area contributed by atoms with Crippen molar-refractivity contribution in [2.45, 2.75) is 13.5 Å². The van der Waals surface area contributed by atoms with Crippen LogP contribution in [0.4, 0.5) is 5.69 Å². The SMILES string of the molecule is Cc1ccc(NC(=O)/C(C#N)=C/c2cc(Br)cc(Br)c2OCc2cccc(Cl)c2)cc1. The van der Waals surface area contributed by atoms with Crippen LogP contribution in [0.3, 0.4) is 0 Å². The number of nitrogens with zero attached hydrogens (tertiary/aromatic N) is 1. The van der Waals surface area contributed by atoms with Crippen molar-refractivity contribution in [1.29, 1.82) is 5.26 Å². The highest BCUT2D eigenvalue weighted by Gasteiger charge is 2.14. The molecule has 0 saturated carbocycles. The summed E-state index contributed by atoms with van der Waals surface area (Å²) in [6.07, 6.45) is 1.51. The molecule has 0 saturated heterocycles. The predicted molar refractivity (Wildman–Crippen MR) is 131 cm³/mol. The molecule has 1 N–H and O–H groups in total. The van der Waals surface area contributed by atoms with Gasteiger partial charge < -0.3 is 10.1 Å². The number of ether oxygens (including phenoxy) is 1. The van der Waals surface area contributed by atoms with Crippen LogP contribution in [0, 0.1) is 18.3 Å². The molecule has 0 atom stereocenters. The molecule has 0 aliphatic rings. The van der Waals surface area contributed by atoms with Gasteiger partial charge in [-0.2, -0.15) is 5.26 Å². The van der Waals surface area contributed by atoms with Crippen molar-refractivity contribution in [1.82, 2.24) is 0 Å². The molecule has 0 aliphatic heterocycles. The summed E-state index contributed by atoms with van der Waals surface area (Å²) >= 11 is 13.0. The lowest BCUT2D eigenvalue weighted by molar-refractivity contribution is -0.112. The molecule has 0 spiro atoms. The van der Waals surface area contributed by atoms with Crippen LogP contribution in [0.1, 0.15) is 16.7 Å². The molecular weight excluding hydrogens is 544 g/mol. The number of carbonyl (C=O) groups excluding carboxylic acids is 1. The molecule has 0 aromatic heterocycles. The van der Waals surface area contributed by atoms with Crippen molar-refractivity contribution in [3.8, 4) is 11.8 Å². The maximum absolute atomic E-state index is 12.7. The summed E-state index contributed by atoms with van der Waals surface area (Å²) in [6, 6.07) is 20.3. The molecular formula is C24H17Br2ClN2O2. The van der Waals surface area contributed by atoms with E-state index in [0.717, 1.165) is 15.6 Å². The van der Waals surface area contributed by atoms with Crippen molar-refractivity contribution in [3.63, 3.8) is 0 Å². The summed E-state index contributed by atoms with van der Waals surface area (Å²) in [5.74, 6) is 0.0160. The number of amides is 1. The number of benzene rings is 3. The number of aryl methyl sites for hydroxylation is 1. The van der Waals surface area contributed by atoms with E-state index >= 15 is 0 Å². The Kier molecular flexibility index (Phi) is 7.91. The topological polar surface area (TPSA) is 62.1 Å². The van der Waals surface area contributed by atoms with E-state index < -0.39 is 5.91 Å². The molecule has 0 radical (unpaired) electrons. The van der Waals surface area contributed by atoms with E-state index in [9.17, 15) is 10.1 Å². The zero-order chi connectivity index (χ0) is 22.4. The lowest BCUT2D eigenvalue weighted by atomic mass is 10.1. The molecule has 4 nitrogen and oxygen atoms in total. The third-order valence-electron chi connectivity index (χ3n) is 4.28. The van der Waals surface area contributed by atoms with Gasteiger partial charge >= 0.3 is 0 Å². The van der Waals surface area contributed by atoms with Gasteiger partial charge in [0.2, 0.25) is 0 Å². The van der Waals surface area contributed by atoms with Gasteiger partial charge in [0, 0.05) is 20.7 Å². The Morgan fingerprint density at radius 3 is 2.58 bits per heavy atom. The maximum atomic E-state index is 12.7. The van der Waals surface area contributed by atoms with Crippen molar-refractivity contribution in [2.75, 3.05) is 5.32 Å². The van der Waals surface area contributed by atoms with Gasteiger partial charge in [0.25, 0.3) is 5.91 Å². The van der Waals surface area contributed by atoms with Crippen molar-refractivity contribution in [2.24, 2.45) is 0 Å². The van der Waals surface area contributed by atoms with Crippen LogP contribution < -0.4 is 10.1 Å². The molecule has 0 fully saturated rings. The van der Waals surface area contributed by atoms with Gasteiger partial charge in [0.05, 0.1) is 4.47 Å². The summed E-state index contributed by atoms with van der Waals surface area (Å²) in [7, 11) is 0. The summed E-state index contributed by atoms with van der Waals surface area (Å²) < 4.78 is 7.47. The number of anilines is 1. The van der Waals surface area contributed by atoms with Gasteiger partial charge in [-0.15, -0.1) is 0 Å². The number of nitrogens with one attached hydrogen (secondary N) is 1. The Morgan fingerprint density at radius 1 is 1.16 bits per heavy atom. The zero-order valence-corrected chi connectivity index (χ0v) is 20.4. The second-order valence-corrected chi connectivity index (χ2v) is 8.92. The van der Waals surface area contributed by atoms with E-state index in [-0.39, 0.29) is 12.2 Å². The fourth-order valence-corrected chi connectivity index (χ4v) is 4.35. The largest absolute Gasteiger partial charge is 0.487 e. The first-order chi connectivity index (χ1) is 14.9. The highest BCUT2D eigenvalue weighted by molar-refractivity contribution is 9.11. The highest BCUT2D eigenvalue weighted by Crippen LogP contribution is 2.35. The van der Waals surface area contributed by atoms with E-state index in [2.05, 4.69) is 37.2 Å². The number of rotatable bonds is 6. The van der Waals surface area contributed by atoms with Gasteiger partial charge in [0.1, 0.15) is 24.0 Å². The molecule has 1 amide bonds. The number of halogens is 3. The first-order valence-electron chi connectivity index (χ1n) is 9.22. The first kappa shape index (κ1) is 23.1. The molecule has 3 aromatic rings. The number of nitriles is 1. The summed E-state index contributed by atoms with van der Waals surface area (Å²) in [5, 5.41) is 13.0. The second kappa shape index (κ2) is 10.6. The Morgan fingerprint density at radius 2 is 1.90 bits per heavy atom. The van der Waals surface area contributed by atoms with E-state index in [0.29, 0.717) is 26.5 Å². The highest BCUT2D eigenvalue weighted by atomic mass is 79.9. The Hall–Kier alpha value is -2.59. The normalized spacial score (nSPS) is 11.0. The molecule has 0 heterocycles. The molecule has 0 bridgehead atoms. The van der Waals surface area contributed by atoms with Crippen LogP contribution in [0.25, 0.3) is 6.08 Å². The van der Waals surface area contributed by atoms with E-state index in [1.165, 1.54) is 6.08 Å². The fourth-order valence-electron chi connectivity index (χ4n) is 2.76. The van der Waals surface area contributed by atoms with Crippen molar-refractivity contribution in [3.05, 3.63) is 96.9 Å². The molecule has 3 rings (SSSR count). The zero-order valence-electron chi connectivity index (χ0n) is 16.5. The predicted octanol–water partition coefficient (Wildman–Crippen LogP) is 7.30. The number of carbonyl (C=O) groups is 1. The van der Waals surface area contributed by atoms with Gasteiger partial charge in [-0.05, 0) is 70.9 Å². The quantitative estimate of drug-likeness (QED) is 0.254. The minimum atomic E-state index is -0.497. The summed E-state index contributed by atoms with van der Waals surface area (Å²) in [6.45, 7) is 2.24. The molecule has 0 unspecified atom stereocenters. The summed E-state index contributed by atoms with van der Waals surface area (Å²) in [5.41, 5.74) is 3.13. The molecule has 3 aromatic carbocycles. The average molecular weight is 561 g/mol. The van der Waals surface area contributed by atoms with Gasteiger partial charge in [0.15, 0.2) is 0 Å². The minimum absolute atomic E-state index is 0.0434. The summed E-state index contributed by atoms with van der Waals surface area (Å²) in [4.78, 5) is 12.7. The molecule has 0 aliphatic carbocycles. The molecule has 7 heteroatoms. The van der Waals surface area contributed by atoms with Crippen LogP contribution >= 0.6 is 43.5 Å². The minimum Gasteiger partial charge on any atom is -0.487 e. The van der Waals surface area contributed by atoms with E-state index in [1.807, 2.05) is 49.4 Å². The average Bonchev–Trinajstić information content (AvgIpc) is 2.72.